The minimum Gasteiger partial charge on any atom is -0.480 e. The molecule has 0 atom stereocenters. The van der Waals surface area contributed by atoms with Crippen molar-refractivity contribution in [1.29, 1.82) is 0 Å². The lowest BCUT2D eigenvalue weighted by Gasteiger charge is -2.19. The van der Waals surface area contributed by atoms with Gasteiger partial charge in [-0.25, -0.2) is 9.78 Å². The molecule has 6 heteroatoms. The van der Waals surface area contributed by atoms with Gasteiger partial charge in [0.25, 0.3) is 0 Å². The first-order valence-electron chi connectivity index (χ1n) is 3.54. The van der Waals surface area contributed by atoms with Gasteiger partial charge >= 0.3 is 5.97 Å². The highest BCUT2D eigenvalue weighted by molar-refractivity contribution is 7.14. The van der Waals surface area contributed by atoms with E-state index in [4.69, 9.17) is 16.7 Å². The number of anilines is 1. The molecule has 1 aromatic rings. The number of rotatable bonds is 3. The van der Waals surface area contributed by atoms with E-state index in [9.17, 15) is 4.79 Å². The van der Waals surface area contributed by atoms with E-state index in [1.807, 2.05) is 0 Å². The van der Waals surface area contributed by atoms with E-state index in [1.54, 1.807) is 19.2 Å². The largest absolute Gasteiger partial charge is 0.480 e. The quantitative estimate of drug-likeness (QED) is 0.819. The van der Waals surface area contributed by atoms with Gasteiger partial charge in [0.2, 0.25) is 0 Å². The second-order valence-corrected chi connectivity index (χ2v) is 4.28. The van der Waals surface area contributed by atoms with Crippen LogP contribution in [0, 0.1) is 0 Å². The first-order chi connectivity index (χ1) is 5.92. The van der Waals surface area contributed by atoms with E-state index >= 15 is 0 Å². The minimum absolute atomic E-state index is 0.369. The summed E-state index contributed by atoms with van der Waals surface area (Å²) in [6, 6.07) is 0. The summed E-state index contributed by atoms with van der Waals surface area (Å²) >= 11 is 6.86. The number of nitrogens with zero attached hydrogens (tertiary/aromatic N) is 1. The molecule has 0 aromatic carbocycles. The SMILES string of the molecule is CC(C)(Nc1nc(Cl)cs1)C(=O)O. The van der Waals surface area contributed by atoms with Gasteiger partial charge in [0.05, 0.1) is 0 Å². The van der Waals surface area contributed by atoms with Crippen molar-refractivity contribution in [2.75, 3.05) is 5.32 Å². The van der Waals surface area contributed by atoms with Crippen molar-refractivity contribution >= 4 is 34.0 Å². The van der Waals surface area contributed by atoms with Gasteiger partial charge in [-0.1, -0.05) is 11.6 Å². The second kappa shape index (κ2) is 3.51. The number of aliphatic carboxylic acids is 1. The van der Waals surface area contributed by atoms with E-state index in [0.29, 0.717) is 10.3 Å². The van der Waals surface area contributed by atoms with Gasteiger partial charge in [-0.05, 0) is 13.8 Å². The Morgan fingerprint density at radius 1 is 1.77 bits per heavy atom. The summed E-state index contributed by atoms with van der Waals surface area (Å²) in [7, 11) is 0. The maximum absolute atomic E-state index is 10.7. The predicted molar refractivity (Wildman–Crippen MR) is 52.5 cm³/mol. The lowest BCUT2D eigenvalue weighted by molar-refractivity contribution is -0.141. The van der Waals surface area contributed by atoms with Crippen LogP contribution in [0.2, 0.25) is 5.15 Å². The number of nitrogens with one attached hydrogen (secondary N) is 1. The molecule has 0 saturated carbocycles. The highest BCUT2D eigenvalue weighted by Crippen LogP contribution is 2.22. The topological polar surface area (TPSA) is 62.2 Å². The van der Waals surface area contributed by atoms with Crippen molar-refractivity contribution in [3.05, 3.63) is 10.5 Å². The number of hydrogen-bond acceptors (Lipinski definition) is 4. The molecule has 0 spiro atoms. The Balaban J connectivity index is 2.74. The molecule has 0 saturated heterocycles. The van der Waals surface area contributed by atoms with Crippen molar-refractivity contribution in [2.24, 2.45) is 0 Å². The predicted octanol–water partition coefficient (Wildman–Crippen LogP) is 2.07. The van der Waals surface area contributed by atoms with Gasteiger partial charge in [-0.3, -0.25) is 0 Å². The third-order valence-electron chi connectivity index (χ3n) is 1.43. The van der Waals surface area contributed by atoms with Crippen LogP contribution < -0.4 is 5.32 Å². The van der Waals surface area contributed by atoms with Crippen molar-refractivity contribution in [3.63, 3.8) is 0 Å². The van der Waals surface area contributed by atoms with Crippen LogP contribution in [0.15, 0.2) is 5.38 Å². The van der Waals surface area contributed by atoms with Crippen molar-refractivity contribution < 1.29 is 9.90 Å². The fourth-order valence-corrected chi connectivity index (χ4v) is 1.63. The van der Waals surface area contributed by atoms with Crippen LogP contribution >= 0.6 is 22.9 Å². The van der Waals surface area contributed by atoms with Crippen LogP contribution in [0.25, 0.3) is 0 Å². The molecule has 0 radical (unpaired) electrons. The van der Waals surface area contributed by atoms with Gasteiger partial charge in [-0.15, -0.1) is 11.3 Å². The number of aromatic nitrogens is 1. The Hall–Kier alpha value is -0.810. The summed E-state index contributed by atoms with van der Waals surface area (Å²) in [5.74, 6) is -0.932. The molecule has 0 aliphatic rings. The Kier molecular flexibility index (Phi) is 2.77. The standard InChI is InChI=1S/C7H9ClN2O2S/c1-7(2,5(11)12)10-6-9-4(8)3-13-6/h3H,1-2H3,(H,9,10)(H,11,12). The van der Waals surface area contributed by atoms with Crippen molar-refractivity contribution in [2.45, 2.75) is 19.4 Å². The number of halogens is 1. The smallest absolute Gasteiger partial charge is 0.328 e. The van der Waals surface area contributed by atoms with Crippen LogP contribution in [-0.2, 0) is 4.79 Å². The maximum Gasteiger partial charge on any atom is 0.328 e. The minimum atomic E-state index is -1.03. The van der Waals surface area contributed by atoms with E-state index in [-0.39, 0.29) is 0 Å². The average Bonchev–Trinajstić information content (AvgIpc) is 2.34. The number of carboxylic acids is 1. The molecule has 2 N–H and O–H groups in total. The average molecular weight is 221 g/mol. The molecule has 1 rings (SSSR count). The van der Waals surface area contributed by atoms with Gasteiger partial charge in [0.1, 0.15) is 10.7 Å². The molecule has 0 aliphatic carbocycles. The Morgan fingerprint density at radius 2 is 2.38 bits per heavy atom. The Morgan fingerprint density at radius 3 is 2.77 bits per heavy atom. The molecule has 0 unspecified atom stereocenters. The zero-order chi connectivity index (χ0) is 10.1. The van der Waals surface area contributed by atoms with Crippen molar-refractivity contribution in [1.82, 2.24) is 4.98 Å². The fraction of sp³-hybridized carbons (Fsp3) is 0.429. The molecular formula is C7H9ClN2O2S. The molecular weight excluding hydrogens is 212 g/mol. The normalized spacial score (nSPS) is 11.3. The summed E-state index contributed by atoms with van der Waals surface area (Å²) in [5, 5.41) is 14.1. The highest BCUT2D eigenvalue weighted by atomic mass is 35.5. The molecule has 72 valence electrons. The lowest BCUT2D eigenvalue weighted by atomic mass is 10.1. The summed E-state index contributed by atoms with van der Waals surface area (Å²) in [5.41, 5.74) is -1.03. The number of carbonyl (C=O) groups is 1. The zero-order valence-corrected chi connectivity index (χ0v) is 8.74. The summed E-state index contributed by atoms with van der Waals surface area (Å²) in [6.07, 6.45) is 0. The summed E-state index contributed by atoms with van der Waals surface area (Å²) in [6.45, 7) is 3.12. The molecule has 0 amide bonds. The number of hydrogen-bond donors (Lipinski definition) is 2. The number of thiazole rings is 1. The van der Waals surface area contributed by atoms with Crippen molar-refractivity contribution in [3.8, 4) is 0 Å². The van der Waals surface area contributed by atoms with Gasteiger partial charge in [-0.2, -0.15) is 0 Å². The molecule has 13 heavy (non-hydrogen) atoms. The van der Waals surface area contributed by atoms with Gasteiger partial charge in [0, 0.05) is 5.38 Å². The van der Waals surface area contributed by atoms with E-state index in [1.165, 1.54) is 11.3 Å². The third kappa shape index (κ3) is 2.57. The molecule has 1 heterocycles. The third-order valence-corrected chi connectivity index (χ3v) is 2.51. The van der Waals surface area contributed by atoms with Crippen LogP contribution in [-0.4, -0.2) is 21.6 Å². The monoisotopic (exact) mass is 220 g/mol. The fourth-order valence-electron chi connectivity index (χ4n) is 0.632. The van der Waals surface area contributed by atoms with Crippen LogP contribution in [0.5, 0.6) is 0 Å². The van der Waals surface area contributed by atoms with E-state index < -0.39 is 11.5 Å². The second-order valence-electron chi connectivity index (χ2n) is 3.03. The maximum atomic E-state index is 10.7. The first kappa shape index (κ1) is 10.3. The van der Waals surface area contributed by atoms with E-state index in [0.717, 1.165) is 0 Å². The molecule has 4 nitrogen and oxygen atoms in total. The molecule has 0 fully saturated rings. The van der Waals surface area contributed by atoms with Gasteiger partial charge < -0.3 is 10.4 Å². The molecule has 1 aromatic heterocycles. The lowest BCUT2D eigenvalue weighted by Crippen LogP contribution is -2.39. The highest BCUT2D eigenvalue weighted by Gasteiger charge is 2.27. The Bertz CT molecular complexity index is 324. The first-order valence-corrected chi connectivity index (χ1v) is 4.80. The summed E-state index contributed by atoms with van der Waals surface area (Å²) < 4.78 is 0. The van der Waals surface area contributed by atoms with Crippen LogP contribution in [0.4, 0.5) is 5.13 Å². The van der Waals surface area contributed by atoms with Crippen LogP contribution in [0.3, 0.4) is 0 Å². The molecule has 0 aliphatic heterocycles. The summed E-state index contributed by atoms with van der Waals surface area (Å²) in [4.78, 5) is 14.6. The Labute approximate surface area is 84.6 Å². The molecule has 0 bridgehead atoms. The number of carboxylic acid groups (broad SMARTS) is 1. The van der Waals surface area contributed by atoms with Crippen LogP contribution in [0.1, 0.15) is 13.8 Å². The zero-order valence-electron chi connectivity index (χ0n) is 7.17. The van der Waals surface area contributed by atoms with Gasteiger partial charge in [0.15, 0.2) is 5.13 Å². The van der Waals surface area contributed by atoms with E-state index in [2.05, 4.69) is 10.3 Å².